The van der Waals surface area contributed by atoms with E-state index >= 15 is 0 Å². The van der Waals surface area contributed by atoms with Crippen LogP contribution in [0.3, 0.4) is 0 Å². The van der Waals surface area contributed by atoms with E-state index in [0.717, 1.165) is 0 Å². The van der Waals surface area contributed by atoms with Crippen LogP contribution in [0.4, 0.5) is 8.78 Å². The second-order valence-electron chi connectivity index (χ2n) is 1.64. The summed E-state index contributed by atoms with van der Waals surface area (Å²) in [5, 5.41) is 8.35. The Labute approximate surface area is 51.5 Å². The van der Waals surface area contributed by atoms with Gasteiger partial charge in [-0.1, -0.05) is 0 Å². The molecule has 0 radical (unpaired) electrons. The first-order valence-corrected chi connectivity index (χ1v) is 2.54. The molecule has 0 bridgehead atoms. The lowest BCUT2D eigenvalue weighted by molar-refractivity contribution is -0.109. The lowest BCUT2D eigenvalue weighted by Gasteiger charge is -2.07. The fourth-order valence-electron chi connectivity index (χ4n) is 0.346. The van der Waals surface area contributed by atoms with Crippen molar-refractivity contribution in [2.24, 2.45) is 0 Å². The molecule has 4 heteroatoms. The Balaban J connectivity index is 3.44. The highest BCUT2D eigenvalue weighted by molar-refractivity contribution is 5.50. The highest BCUT2D eigenvalue weighted by Gasteiger charge is 2.16. The van der Waals surface area contributed by atoms with Crippen molar-refractivity contribution in [1.29, 1.82) is 0 Å². The summed E-state index contributed by atoms with van der Waals surface area (Å²) in [6.07, 6.45) is -3.53. The van der Waals surface area contributed by atoms with Crippen LogP contribution in [-0.2, 0) is 4.79 Å². The molecule has 0 spiro atoms. The molecular formula is C5H8F2O2. The fraction of sp³-hybridized carbons (Fsp3) is 0.800. The van der Waals surface area contributed by atoms with E-state index in [1.54, 1.807) is 0 Å². The smallest absolute Gasteiger partial charge is 0.135 e. The summed E-state index contributed by atoms with van der Waals surface area (Å²) in [6.45, 7) is -1.14. The van der Waals surface area contributed by atoms with Gasteiger partial charge in [-0.15, -0.1) is 0 Å². The molecule has 0 aliphatic rings. The highest BCUT2D eigenvalue weighted by Crippen LogP contribution is 2.02. The van der Waals surface area contributed by atoms with Gasteiger partial charge in [0.2, 0.25) is 0 Å². The first-order valence-electron chi connectivity index (χ1n) is 2.54. The SMILES string of the molecule is O=CC[C@H](F)[C@H](O)CF. The molecule has 0 fully saturated rings. The molecular weight excluding hydrogens is 130 g/mol. The second kappa shape index (κ2) is 4.38. The minimum Gasteiger partial charge on any atom is -0.387 e. The van der Waals surface area contributed by atoms with Crippen molar-refractivity contribution in [1.82, 2.24) is 0 Å². The fourth-order valence-corrected chi connectivity index (χ4v) is 0.346. The summed E-state index contributed by atoms with van der Waals surface area (Å²) in [4.78, 5) is 9.56. The van der Waals surface area contributed by atoms with Gasteiger partial charge in [0.05, 0.1) is 0 Å². The van der Waals surface area contributed by atoms with E-state index in [0.29, 0.717) is 6.29 Å². The minimum absolute atomic E-state index is 0.309. The summed E-state index contributed by atoms with van der Waals surface area (Å²) in [7, 11) is 0. The number of carbonyl (C=O) groups is 1. The van der Waals surface area contributed by atoms with Crippen molar-refractivity contribution in [3.8, 4) is 0 Å². The number of alkyl halides is 2. The van der Waals surface area contributed by atoms with Gasteiger partial charge in [0, 0.05) is 6.42 Å². The summed E-state index contributed by atoms with van der Waals surface area (Å²) < 4.78 is 23.4. The molecule has 1 N–H and O–H groups in total. The number of carbonyl (C=O) groups excluding carboxylic acids is 1. The van der Waals surface area contributed by atoms with E-state index in [4.69, 9.17) is 5.11 Å². The quantitative estimate of drug-likeness (QED) is 0.565. The molecule has 0 aromatic rings. The molecule has 9 heavy (non-hydrogen) atoms. The van der Waals surface area contributed by atoms with E-state index in [1.165, 1.54) is 0 Å². The molecule has 0 rings (SSSR count). The number of aliphatic hydroxyl groups excluding tert-OH is 1. The van der Waals surface area contributed by atoms with Crippen molar-refractivity contribution < 1.29 is 18.7 Å². The van der Waals surface area contributed by atoms with E-state index in [1.807, 2.05) is 0 Å². The first-order chi connectivity index (χ1) is 4.22. The Morgan fingerprint density at radius 3 is 2.56 bits per heavy atom. The molecule has 2 atom stereocenters. The van der Waals surface area contributed by atoms with Crippen LogP contribution in [-0.4, -0.2) is 30.3 Å². The molecule has 54 valence electrons. The maximum Gasteiger partial charge on any atom is 0.135 e. The van der Waals surface area contributed by atoms with Crippen LogP contribution in [0.2, 0.25) is 0 Å². The normalized spacial score (nSPS) is 16.8. The largest absolute Gasteiger partial charge is 0.387 e. The topological polar surface area (TPSA) is 37.3 Å². The number of aliphatic hydroxyl groups is 1. The van der Waals surface area contributed by atoms with Crippen LogP contribution in [0.5, 0.6) is 0 Å². The number of rotatable bonds is 4. The third kappa shape index (κ3) is 3.13. The lowest BCUT2D eigenvalue weighted by atomic mass is 10.2. The molecule has 0 aliphatic carbocycles. The number of halogens is 2. The van der Waals surface area contributed by atoms with Crippen LogP contribution in [0.25, 0.3) is 0 Å². The van der Waals surface area contributed by atoms with Crippen molar-refractivity contribution in [2.75, 3.05) is 6.67 Å². The van der Waals surface area contributed by atoms with Gasteiger partial charge in [0.25, 0.3) is 0 Å². The Hall–Kier alpha value is -0.510. The van der Waals surface area contributed by atoms with Gasteiger partial charge in [0.15, 0.2) is 0 Å². The van der Waals surface area contributed by atoms with E-state index < -0.39 is 25.4 Å². The van der Waals surface area contributed by atoms with Gasteiger partial charge in [0.1, 0.15) is 25.2 Å². The van der Waals surface area contributed by atoms with Gasteiger partial charge >= 0.3 is 0 Å². The molecule has 0 unspecified atom stereocenters. The number of hydrogen-bond donors (Lipinski definition) is 1. The average Bonchev–Trinajstić information content (AvgIpc) is 1.87. The molecule has 0 aromatic carbocycles. The van der Waals surface area contributed by atoms with Gasteiger partial charge in [-0.25, -0.2) is 8.78 Å². The third-order valence-corrected chi connectivity index (χ3v) is 0.897. The van der Waals surface area contributed by atoms with Crippen molar-refractivity contribution >= 4 is 6.29 Å². The molecule has 0 heterocycles. The Bertz CT molecular complexity index is 87.0. The van der Waals surface area contributed by atoms with E-state index in [2.05, 4.69) is 0 Å². The first kappa shape index (κ1) is 8.49. The summed E-state index contributed by atoms with van der Waals surface area (Å²) in [5.74, 6) is 0. The van der Waals surface area contributed by atoms with Crippen LogP contribution in [0.15, 0.2) is 0 Å². The molecule has 0 aliphatic heterocycles. The molecule has 0 aromatic heterocycles. The van der Waals surface area contributed by atoms with E-state index in [-0.39, 0.29) is 0 Å². The number of aldehydes is 1. The van der Waals surface area contributed by atoms with Gasteiger partial charge in [-0.05, 0) is 0 Å². The van der Waals surface area contributed by atoms with E-state index in [9.17, 15) is 13.6 Å². The zero-order chi connectivity index (χ0) is 7.28. The number of hydrogen-bond acceptors (Lipinski definition) is 2. The maximum atomic E-state index is 12.1. The lowest BCUT2D eigenvalue weighted by Crippen LogP contribution is -2.23. The maximum absolute atomic E-state index is 12.1. The Kier molecular flexibility index (Phi) is 4.13. The van der Waals surface area contributed by atoms with Crippen molar-refractivity contribution in [3.63, 3.8) is 0 Å². The van der Waals surface area contributed by atoms with Crippen molar-refractivity contribution in [2.45, 2.75) is 18.7 Å². The monoisotopic (exact) mass is 138 g/mol. The van der Waals surface area contributed by atoms with Crippen LogP contribution < -0.4 is 0 Å². The molecule has 0 amide bonds. The van der Waals surface area contributed by atoms with Gasteiger partial charge < -0.3 is 9.90 Å². The average molecular weight is 138 g/mol. The third-order valence-electron chi connectivity index (χ3n) is 0.897. The van der Waals surface area contributed by atoms with Gasteiger partial charge in [-0.3, -0.25) is 0 Å². The summed E-state index contributed by atoms with van der Waals surface area (Å²) in [6, 6.07) is 0. The van der Waals surface area contributed by atoms with Crippen LogP contribution in [0.1, 0.15) is 6.42 Å². The van der Waals surface area contributed by atoms with Crippen LogP contribution in [0, 0.1) is 0 Å². The zero-order valence-corrected chi connectivity index (χ0v) is 4.76. The second-order valence-corrected chi connectivity index (χ2v) is 1.64. The zero-order valence-electron chi connectivity index (χ0n) is 4.76. The standard InChI is InChI=1S/C5H8F2O2/c6-3-5(9)4(7)1-2-8/h2,4-5,9H,1,3H2/t4-,5+/m0/s1. The minimum atomic E-state index is -1.76. The van der Waals surface area contributed by atoms with Crippen LogP contribution >= 0.6 is 0 Å². The molecule has 2 nitrogen and oxygen atoms in total. The van der Waals surface area contributed by atoms with Crippen molar-refractivity contribution in [3.05, 3.63) is 0 Å². The highest BCUT2D eigenvalue weighted by atomic mass is 19.1. The Morgan fingerprint density at radius 1 is 1.67 bits per heavy atom. The predicted molar refractivity (Wildman–Crippen MR) is 27.6 cm³/mol. The summed E-state index contributed by atoms with van der Waals surface area (Å²) >= 11 is 0. The summed E-state index contributed by atoms with van der Waals surface area (Å²) in [5.41, 5.74) is 0. The molecule has 0 saturated carbocycles. The molecule has 0 saturated heterocycles. The van der Waals surface area contributed by atoms with Gasteiger partial charge in [-0.2, -0.15) is 0 Å². The Morgan fingerprint density at radius 2 is 2.22 bits per heavy atom. The predicted octanol–water partition coefficient (Wildman–Crippen LogP) is 0.244.